The van der Waals surface area contributed by atoms with E-state index in [1.54, 1.807) is 18.5 Å². The van der Waals surface area contributed by atoms with Gasteiger partial charge in [0.25, 0.3) is 0 Å². The Morgan fingerprint density at radius 3 is 2.75 bits per heavy atom. The largest absolute Gasteiger partial charge is 0.435 e. The van der Waals surface area contributed by atoms with Gasteiger partial charge in [0.15, 0.2) is 5.69 Å². The van der Waals surface area contributed by atoms with E-state index in [4.69, 9.17) is 0 Å². The zero-order valence-corrected chi connectivity index (χ0v) is 10.6. The van der Waals surface area contributed by atoms with Crippen LogP contribution in [0.5, 0.6) is 0 Å². The first-order valence-corrected chi connectivity index (χ1v) is 6.33. The predicted octanol–water partition coefficient (Wildman–Crippen LogP) is 2.54. The maximum absolute atomic E-state index is 12.6. The molecule has 4 nitrogen and oxygen atoms in total. The minimum absolute atomic E-state index is 0.520. The van der Waals surface area contributed by atoms with Crippen molar-refractivity contribution in [2.75, 3.05) is 0 Å². The molecule has 0 radical (unpaired) electrons. The number of halogens is 3. The summed E-state index contributed by atoms with van der Waals surface area (Å²) in [5.74, 6) is 0. The zero-order chi connectivity index (χ0) is 14.2. The second kappa shape index (κ2) is 4.90. The first kappa shape index (κ1) is 13.1. The Hall–Kier alpha value is -1.89. The minimum atomic E-state index is -4.43. The Bertz CT molecular complexity index is 602. The first-order chi connectivity index (χ1) is 9.54. The molecule has 0 saturated heterocycles. The molecule has 0 bridgehead atoms. The lowest BCUT2D eigenvalue weighted by Crippen LogP contribution is -2.17. The van der Waals surface area contributed by atoms with Crippen LogP contribution in [0.1, 0.15) is 24.1 Å². The maximum atomic E-state index is 12.6. The molecular formula is C13H13F3N4. The van der Waals surface area contributed by atoms with Crippen molar-refractivity contribution in [3.05, 3.63) is 42.0 Å². The average Bonchev–Trinajstić information content (AvgIpc) is 3.09. The minimum Gasteiger partial charge on any atom is -0.310 e. The van der Waals surface area contributed by atoms with E-state index in [1.807, 2.05) is 0 Å². The van der Waals surface area contributed by atoms with E-state index in [9.17, 15) is 13.2 Å². The van der Waals surface area contributed by atoms with Gasteiger partial charge in [0.2, 0.25) is 0 Å². The molecule has 2 heterocycles. The summed E-state index contributed by atoms with van der Waals surface area (Å²) < 4.78 is 39.0. The van der Waals surface area contributed by atoms with E-state index in [2.05, 4.69) is 15.4 Å². The fourth-order valence-electron chi connectivity index (χ4n) is 1.93. The summed E-state index contributed by atoms with van der Waals surface area (Å²) in [6.45, 7) is 0.578. The van der Waals surface area contributed by atoms with Crippen LogP contribution < -0.4 is 5.32 Å². The summed E-state index contributed by atoms with van der Waals surface area (Å²) in [4.78, 5) is 4.02. The third-order valence-electron chi connectivity index (χ3n) is 3.16. The van der Waals surface area contributed by atoms with Gasteiger partial charge in [-0.2, -0.15) is 18.3 Å². The molecule has 1 fully saturated rings. The number of hydrogen-bond acceptors (Lipinski definition) is 3. The van der Waals surface area contributed by atoms with Gasteiger partial charge in [0, 0.05) is 36.7 Å². The molecular weight excluding hydrogens is 269 g/mol. The number of pyridine rings is 1. The number of alkyl halides is 3. The number of nitrogens with one attached hydrogen (secondary N) is 1. The molecule has 1 aliphatic carbocycles. The fourth-order valence-corrected chi connectivity index (χ4v) is 1.93. The number of rotatable bonds is 4. The van der Waals surface area contributed by atoms with Gasteiger partial charge in [-0.15, -0.1) is 0 Å². The van der Waals surface area contributed by atoms with Crippen LogP contribution in [-0.2, 0) is 12.7 Å². The number of aromatic nitrogens is 3. The van der Waals surface area contributed by atoms with E-state index >= 15 is 0 Å². The summed E-state index contributed by atoms with van der Waals surface area (Å²) in [6, 6.07) is 3.15. The highest BCUT2D eigenvalue weighted by atomic mass is 19.4. The van der Waals surface area contributed by atoms with Gasteiger partial charge < -0.3 is 5.32 Å². The lowest BCUT2D eigenvalue weighted by Gasteiger charge is -2.09. The predicted molar refractivity (Wildman–Crippen MR) is 66.2 cm³/mol. The molecule has 2 aromatic heterocycles. The maximum Gasteiger partial charge on any atom is 0.435 e. The molecule has 20 heavy (non-hydrogen) atoms. The van der Waals surface area contributed by atoms with Gasteiger partial charge in [0.05, 0.1) is 5.69 Å². The highest BCUT2D eigenvalue weighted by molar-refractivity contribution is 5.38. The molecule has 3 rings (SSSR count). The molecule has 1 aliphatic rings. The lowest BCUT2D eigenvalue weighted by molar-refractivity contribution is -0.141. The standard InChI is InChI=1S/C13H13F3N4/c14-13(15,16)12-4-6-20(19-12)11-3-5-17-7-9(11)8-18-10-1-2-10/h3-7,10,18H,1-2,8H2. The first-order valence-electron chi connectivity index (χ1n) is 6.33. The average molecular weight is 282 g/mol. The highest BCUT2D eigenvalue weighted by Gasteiger charge is 2.33. The van der Waals surface area contributed by atoms with Crippen molar-refractivity contribution < 1.29 is 13.2 Å². The van der Waals surface area contributed by atoms with E-state index in [0.29, 0.717) is 18.3 Å². The van der Waals surface area contributed by atoms with Gasteiger partial charge in [-0.05, 0) is 25.0 Å². The Balaban J connectivity index is 1.86. The zero-order valence-electron chi connectivity index (χ0n) is 10.6. The van der Waals surface area contributed by atoms with Crippen LogP contribution in [0.15, 0.2) is 30.7 Å². The molecule has 0 aromatic carbocycles. The molecule has 7 heteroatoms. The van der Waals surface area contributed by atoms with Crippen molar-refractivity contribution >= 4 is 0 Å². The van der Waals surface area contributed by atoms with Crippen molar-refractivity contribution in [3.63, 3.8) is 0 Å². The monoisotopic (exact) mass is 282 g/mol. The van der Waals surface area contributed by atoms with E-state index < -0.39 is 11.9 Å². The third-order valence-corrected chi connectivity index (χ3v) is 3.16. The molecule has 106 valence electrons. The Morgan fingerprint density at radius 2 is 2.10 bits per heavy atom. The van der Waals surface area contributed by atoms with E-state index in [1.165, 1.54) is 10.9 Å². The fraction of sp³-hybridized carbons (Fsp3) is 0.385. The van der Waals surface area contributed by atoms with Crippen molar-refractivity contribution in [1.29, 1.82) is 0 Å². The summed E-state index contributed by atoms with van der Waals surface area (Å²) in [6.07, 6.45) is 2.39. The Labute approximate surface area is 113 Å². The Kier molecular flexibility index (Phi) is 3.21. The van der Waals surface area contributed by atoms with Gasteiger partial charge in [-0.3, -0.25) is 4.98 Å². The Morgan fingerprint density at radius 1 is 1.30 bits per heavy atom. The summed E-state index contributed by atoms with van der Waals surface area (Å²) in [5, 5.41) is 6.91. The van der Waals surface area contributed by atoms with Crippen molar-refractivity contribution in [1.82, 2.24) is 20.1 Å². The van der Waals surface area contributed by atoms with Gasteiger partial charge in [-0.25, -0.2) is 4.68 Å². The second-order valence-electron chi connectivity index (χ2n) is 4.80. The number of nitrogens with zero attached hydrogens (tertiary/aromatic N) is 3. The van der Waals surface area contributed by atoms with Crippen LogP contribution in [-0.4, -0.2) is 20.8 Å². The van der Waals surface area contributed by atoms with Crippen molar-refractivity contribution in [3.8, 4) is 5.69 Å². The van der Waals surface area contributed by atoms with Gasteiger partial charge in [-0.1, -0.05) is 0 Å². The summed E-state index contributed by atoms with van der Waals surface area (Å²) >= 11 is 0. The molecule has 1 saturated carbocycles. The highest BCUT2D eigenvalue weighted by Crippen LogP contribution is 2.28. The van der Waals surface area contributed by atoms with Crippen LogP contribution in [0.3, 0.4) is 0 Å². The molecule has 0 amide bonds. The smallest absolute Gasteiger partial charge is 0.310 e. The van der Waals surface area contributed by atoms with Gasteiger partial charge >= 0.3 is 6.18 Å². The van der Waals surface area contributed by atoms with Crippen LogP contribution in [0, 0.1) is 0 Å². The lowest BCUT2D eigenvalue weighted by atomic mass is 10.2. The topological polar surface area (TPSA) is 42.7 Å². The van der Waals surface area contributed by atoms with E-state index in [0.717, 1.165) is 24.5 Å². The molecule has 0 atom stereocenters. The van der Waals surface area contributed by atoms with Crippen molar-refractivity contribution in [2.45, 2.75) is 31.6 Å². The second-order valence-corrected chi connectivity index (χ2v) is 4.80. The van der Waals surface area contributed by atoms with Crippen LogP contribution >= 0.6 is 0 Å². The van der Waals surface area contributed by atoms with Gasteiger partial charge in [0.1, 0.15) is 0 Å². The summed E-state index contributed by atoms with van der Waals surface area (Å²) in [5.41, 5.74) is 0.551. The van der Waals surface area contributed by atoms with Crippen LogP contribution in [0.2, 0.25) is 0 Å². The van der Waals surface area contributed by atoms with E-state index in [-0.39, 0.29) is 0 Å². The third kappa shape index (κ3) is 2.82. The summed E-state index contributed by atoms with van der Waals surface area (Å²) in [7, 11) is 0. The number of hydrogen-bond donors (Lipinski definition) is 1. The molecule has 0 spiro atoms. The molecule has 0 aliphatic heterocycles. The molecule has 1 N–H and O–H groups in total. The quantitative estimate of drug-likeness (QED) is 0.937. The normalized spacial score (nSPS) is 15.6. The molecule has 0 unspecified atom stereocenters. The van der Waals surface area contributed by atoms with Crippen molar-refractivity contribution in [2.24, 2.45) is 0 Å². The SMILES string of the molecule is FC(F)(F)c1ccn(-c2ccncc2CNC2CC2)n1. The van der Waals surface area contributed by atoms with Crippen LogP contribution in [0.25, 0.3) is 5.69 Å². The molecule has 2 aromatic rings. The van der Waals surface area contributed by atoms with Crippen LogP contribution in [0.4, 0.5) is 13.2 Å².